The van der Waals surface area contributed by atoms with Gasteiger partial charge in [-0.15, -0.1) is 0 Å². The SMILES string of the molecule is COP(=O)(CC(C)C[C@](O[SiH](C)C)(C(=O)C(=O)O)C(C)(C)C)OC. The fourth-order valence-corrected chi connectivity index (χ4v) is 5.45. The average molecular weight is 382 g/mol. The molecular formula is C15H31O7PSi. The van der Waals surface area contributed by atoms with Gasteiger partial charge in [0.1, 0.15) is 5.60 Å². The first-order chi connectivity index (χ1) is 10.7. The third kappa shape index (κ3) is 5.77. The Hall–Kier alpha value is -0.533. The molecule has 9 heteroatoms. The molecule has 0 saturated carbocycles. The summed E-state index contributed by atoms with van der Waals surface area (Å²) in [7, 11) is -2.40. The van der Waals surface area contributed by atoms with Crippen LogP contribution in [0.1, 0.15) is 34.1 Å². The molecule has 0 radical (unpaired) electrons. The van der Waals surface area contributed by atoms with Crippen molar-refractivity contribution in [2.24, 2.45) is 11.3 Å². The third-order valence-corrected chi connectivity index (χ3v) is 6.99. The molecule has 7 nitrogen and oxygen atoms in total. The van der Waals surface area contributed by atoms with Crippen molar-refractivity contribution in [3.63, 3.8) is 0 Å². The monoisotopic (exact) mass is 382 g/mol. The molecule has 24 heavy (non-hydrogen) atoms. The molecule has 0 fully saturated rings. The van der Waals surface area contributed by atoms with E-state index >= 15 is 0 Å². The van der Waals surface area contributed by atoms with Gasteiger partial charge in [0.15, 0.2) is 9.04 Å². The summed E-state index contributed by atoms with van der Waals surface area (Å²) in [5.41, 5.74) is -2.22. The van der Waals surface area contributed by atoms with Gasteiger partial charge in [-0.05, 0) is 30.8 Å². The Morgan fingerprint density at radius 2 is 1.62 bits per heavy atom. The second-order valence-corrected chi connectivity index (χ2v) is 12.0. The zero-order chi connectivity index (χ0) is 19.3. The minimum Gasteiger partial charge on any atom is -0.475 e. The predicted molar refractivity (Wildman–Crippen MR) is 95.1 cm³/mol. The highest BCUT2D eigenvalue weighted by molar-refractivity contribution is 7.53. The summed E-state index contributed by atoms with van der Waals surface area (Å²) in [6.45, 7) is 10.9. The lowest BCUT2D eigenvalue weighted by molar-refractivity contribution is -0.165. The van der Waals surface area contributed by atoms with Gasteiger partial charge in [-0.1, -0.05) is 27.7 Å². The fraction of sp³-hybridized carbons (Fsp3) is 0.867. The summed E-state index contributed by atoms with van der Waals surface area (Å²) in [5, 5.41) is 9.31. The minimum absolute atomic E-state index is 0.0771. The van der Waals surface area contributed by atoms with Crippen LogP contribution in [-0.2, 0) is 27.6 Å². The molecule has 0 aromatic heterocycles. The molecule has 0 rings (SSSR count). The van der Waals surface area contributed by atoms with Gasteiger partial charge in [-0.2, -0.15) is 0 Å². The fourth-order valence-electron chi connectivity index (χ4n) is 2.75. The van der Waals surface area contributed by atoms with Crippen LogP contribution in [0, 0.1) is 11.3 Å². The molecule has 0 heterocycles. The number of Topliss-reactive ketones (excluding diaryl/α,β-unsaturated/α-hetero) is 1. The Balaban J connectivity index is 5.82. The number of aliphatic carboxylic acids is 1. The van der Waals surface area contributed by atoms with Crippen LogP contribution < -0.4 is 0 Å². The maximum absolute atomic E-state index is 12.6. The maximum atomic E-state index is 12.6. The molecule has 0 aliphatic carbocycles. The van der Waals surface area contributed by atoms with Crippen LogP contribution in [-0.4, -0.2) is 51.9 Å². The number of carboxylic acids is 1. The van der Waals surface area contributed by atoms with Gasteiger partial charge in [0.25, 0.3) is 5.78 Å². The molecule has 0 aliphatic rings. The summed E-state index contributed by atoms with van der Waals surface area (Å²) in [4.78, 5) is 24.0. The average Bonchev–Trinajstić information content (AvgIpc) is 2.43. The third-order valence-electron chi connectivity index (χ3n) is 3.94. The zero-order valence-electron chi connectivity index (χ0n) is 15.9. The lowest BCUT2D eigenvalue weighted by Gasteiger charge is -2.45. The van der Waals surface area contributed by atoms with Gasteiger partial charge in [-0.3, -0.25) is 9.36 Å². The Kier molecular flexibility index (Phi) is 8.52. The van der Waals surface area contributed by atoms with Crippen molar-refractivity contribution in [1.82, 2.24) is 0 Å². The molecule has 1 N–H and O–H groups in total. The number of hydrogen-bond donors (Lipinski definition) is 1. The molecule has 2 atom stereocenters. The predicted octanol–water partition coefficient (Wildman–Crippen LogP) is 2.94. The van der Waals surface area contributed by atoms with Crippen LogP contribution in [0.25, 0.3) is 0 Å². The van der Waals surface area contributed by atoms with E-state index < -0.39 is 39.4 Å². The van der Waals surface area contributed by atoms with Crippen molar-refractivity contribution < 1.29 is 32.7 Å². The van der Waals surface area contributed by atoms with Gasteiger partial charge in [0.2, 0.25) is 0 Å². The van der Waals surface area contributed by atoms with Gasteiger partial charge >= 0.3 is 13.6 Å². The van der Waals surface area contributed by atoms with E-state index in [0.29, 0.717) is 0 Å². The lowest BCUT2D eigenvalue weighted by Crippen LogP contribution is -2.57. The summed E-state index contributed by atoms with van der Waals surface area (Å²) in [5.74, 6) is -2.79. The number of carbonyl (C=O) groups excluding carboxylic acids is 1. The molecule has 0 aliphatic heterocycles. The Morgan fingerprint density at radius 3 is 1.92 bits per heavy atom. The van der Waals surface area contributed by atoms with E-state index in [1.54, 1.807) is 27.7 Å². The molecule has 0 saturated heterocycles. The van der Waals surface area contributed by atoms with Crippen molar-refractivity contribution in [2.45, 2.75) is 52.8 Å². The Bertz CT molecular complexity index is 493. The molecule has 0 amide bonds. The number of ketones is 1. The van der Waals surface area contributed by atoms with Crippen LogP contribution >= 0.6 is 7.60 Å². The van der Waals surface area contributed by atoms with Gasteiger partial charge < -0.3 is 18.6 Å². The first kappa shape index (κ1) is 23.5. The molecule has 0 bridgehead atoms. The van der Waals surface area contributed by atoms with Gasteiger partial charge in [-0.25, -0.2) is 4.79 Å². The molecule has 142 valence electrons. The number of carboxylic acid groups (broad SMARTS) is 1. The second kappa shape index (κ2) is 8.72. The quantitative estimate of drug-likeness (QED) is 0.352. The molecule has 0 aromatic carbocycles. The lowest BCUT2D eigenvalue weighted by atomic mass is 9.69. The normalized spacial score (nSPS) is 16.7. The van der Waals surface area contributed by atoms with E-state index in [0.717, 1.165) is 0 Å². The van der Waals surface area contributed by atoms with Crippen LogP contribution in [0.4, 0.5) is 0 Å². The van der Waals surface area contributed by atoms with Crippen LogP contribution in [0.5, 0.6) is 0 Å². The summed E-state index contributed by atoms with van der Waals surface area (Å²) in [6.07, 6.45) is 0.206. The Labute approximate surface area is 146 Å². The largest absolute Gasteiger partial charge is 0.475 e. The van der Waals surface area contributed by atoms with E-state index in [1.165, 1.54) is 14.2 Å². The zero-order valence-corrected chi connectivity index (χ0v) is 18.0. The van der Waals surface area contributed by atoms with E-state index in [4.69, 9.17) is 13.5 Å². The number of rotatable bonds is 10. The number of carbonyl (C=O) groups is 2. The highest BCUT2D eigenvalue weighted by Gasteiger charge is 2.53. The summed E-state index contributed by atoms with van der Waals surface area (Å²) in [6, 6.07) is 0. The summed E-state index contributed by atoms with van der Waals surface area (Å²) < 4.78 is 28.3. The molecule has 0 spiro atoms. The van der Waals surface area contributed by atoms with Crippen molar-refractivity contribution in [2.75, 3.05) is 20.4 Å². The van der Waals surface area contributed by atoms with Crippen molar-refractivity contribution >= 4 is 28.4 Å². The maximum Gasteiger partial charge on any atom is 0.375 e. The summed E-state index contributed by atoms with van der Waals surface area (Å²) >= 11 is 0. The minimum atomic E-state index is -3.27. The van der Waals surface area contributed by atoms with Gasteiger partial charge in [0, 0.05) is 14.2 Å². The van der Waals surface area contributed by atoms with Gasteiger partial charge in [0.05, 0.1) is 6.16 Å². The smallest absolute Gasteiger partial charge is 0.375 e. The highest BCUT2D eigenvalue weighted by Crippen LogP contribution is 2.50. The number of hydrogen-bond acceptors (Lipinski definition) is 6. The highest BCUT2D eigenvalue weighted by atomic mass is 31.2. The second-order valence-electron chi connectivity index (χ2n) is 7.35. The van der Waals surface area contributed by atoms with Crippen molar-refractivity contribution in [3.8, 4) is 0 Å². The standard InChI is InChI=1S/C15H31O7PSi/c1-11(10-23(19,20-5)21-6)9-15(14(2,3)4,22-24(7)8)12(16)13(17)18/h11,24H,9-10H2,1-8H3,(H,17,18)/t11?,15-/m0/s1. The van der Waals surface area contributed by atoms with E-state index in [9.17, 15) is 19.3 Å². The van der Waals surface area contributed by atoms with Crippen LogP contribution in [0.15, 0.2) is 0 Å². The van der Waals surface area contributed by atoms with E-state index in [1.807, 2.05) is 13.1 Å². The topological polar surface area (TPSA) is 99.1 Å². The van der Waals surface area contributed by atoms with E-state index in [-0.39, 0.29) is 18.5 Å². The van der Waals surface area contributed by atoms with E-state index in [2.05, 4.69) is 0 Å². The van der Waals surface area contributed by atoms with Crippen LogP contribution in [0.2, 0.25) is 13.1 Å². The first-order valence-electron chi connectivity index (χ1n) is 7.90. The van der Waals surface area contributed by atoms with Crippen molar-refractivity contribution in [3.05, 3.63) is 0 Å². The van der Waals surface area contributed by atoms with Crippen molar-refractivity contribution in [1.29, 1.82) is 0 Å². The first-order valence-corrected chi connectivity index (χ1v) is 12.4. The molecule has 1 unspecified atom stereocenters. The molecular weight excluding hydrogens is 351 g/mol. The molecule has 0 aromatic rings. The van der Waals surface area contributed by atoms with Crippen LogP contribution in [0.3, 0.4) is 0 Å². The Morgan fingerprint density at radius 1 is 1.17 bits per heavy atom.